The van der Waals surface area contributed by atoms with E-state index in [1.165, 1.54) is 11.3 Å². The molecule has 1 saturated carbocycles. The molecule has 1 aliphatic carbocycles. The highest BCUT2D eigenvalue weighted by atomic mass is 32.2. The molecule has 0 aromatic carbocycles. The molecule has 0 aliphatic heterocycles. The first-order valence-electron chi connectivity index (χ1n) is 8.41. The fourth-order valence-electron chi connectivity index (χ4n) is 2.53. The van der Waals surface area contributed by atoms with Gasteiger partial charge in [-0.3, -0.25) is 4.99 Å². The van der Waals surface area contributed by atoms with Crippen LogP contribution in [-0.4, -0.2) is 58.8 Å². The summed E-state index contributed by atoms with van der Waals surface area (Å²) in [7, 11) is 0.466. The first-order chi connectivity index (χ1) is 11.5. The number of hydrogen-bond acceptors (Lipinski definition) is 4. The summed E-state index contributed by atoms with van der Waals surface area (Å²) in [5.74, 6) is 1.32. The van der Waals surface area contributed by atoms with Crippen LogP contribution in [0.3, 0.4) is 0 Å². The Morgan fingerprint density at radius 3 is 2.83 bits per heavy atom. The molecule has 2 rings (SSSR count). The van der Waals surface area contributed by atoms with Crippen LogP contribution in [0.2, 0.25) is 0 Å². The zero-order chi connectivity index (χ0) is 17.4. The molecule has 24 heavy (non-hydrogen) atoms. The van der Waals surface area contributed by atoms with E-state index in [0.29, 0.717) is 19.0 Å². The Balaban J connectivity index is 1.67. The van der Waals surface area contributed by atoms with E-state index in [0.717, 1.165) is 31.8 Å². The molecule has 0 amide bonds. The number of rotatable bonds is 9. The summed E-state index contributed by atoms with van der Waals surface area (Å²) in [6.45, 7) is 1.78. The van der Waals surface area contributed by atoms with Gasteiger partial charge < -0.3 is 10.2 Å². The SMILES string of the molecule is CN=C(NCCS(=O)(=O)NCC1CCC1)N(C)CCc1cccs1. The molecular formula is C16H28N4O2S2. The van der Waals surface area contributed by atoms with Gasteiger partial charge in [0, 0.05) is 38.6 Å². The van der Waals surface area contributed by atoms with Crippen molar-refractivity contribution in [2.45, 2.75) is 25.7 Å². The maximum Gasteiger partial charge on any atom is 0.213 e. The summed E-state index contributed by atoms with van der Waals surface area (Å²) < 4.78 is 26.7. The van der Waals surface area contributed by atoms with Crippen molar-refractivity contribution < 1.29 is 8.42 Å². The van der Waals surface area contributed by atoms with Gasteiger partial charge in [0.05, 0.1) is 5.75 Å². The molecule has 6 nitrogen and oxygen atoms in total. The third-order valence-electron chi connectivity index (χ3n) is 4.32. The molecule has 8 heteroatoms. The molecule has 2 N–H and O–H groups in total. The highest BCUT2D eigenvalue weighted by Gasteiger charge is 2.20. The third-order valence-corrected chi connectivity index (χ3v) is 6.60. The van der Waals surface area contributed by atoms with E-state index in [1.54, 1.807) is 18.4 Å². The van der Waals surface area contributed by atoms with Gasteiger partial charge in [0.2, 0.25) is 10.0 Å². The number of guanidine groups is 1. The number of nitrogens with one attached hydrogen (secondary N) is 2. The van der Waals surface area contributed by atoms with E-state index in [4.69, 9.17) is 0 Å². The predicted molar refractivity (Wildman–Crippen MR) is 101 cm³/mol. The predicted octanol–water partition coefficient (Wildman–Crippen LogP) is 1.52. The molecule has 0 bridgehead atoms. The lowest BCUT2D eigenvalue weighted by Crippen LogP contribution is -2.43. The second kappa shape index (κ2) is 9.39. The maximum atomic E-state index is 12.0. The van der Waals surface area contributed by atoms with Gasteiger partial charge in [-0.15, -0.1) is 11.3 Å². The van der Waals surface area contributed by atoms with Crippen molar-refractivity contribution in [3.8, 4) is 0 Å². The largest absolute Gasteiger partial charge is 0.355 e. The highest BCUT2D eigenvalue weighted by Crippen LogP contribution is 2.25. The summed E-state index contributed by atoms with van der Waals surface area (Å²) in [6.07, 6.45) is 4.46. The standard InChI is InChI=1S/C16H28N4O2S2/c1-17-16(20(2)10-8-15-7-4-11-23-15)18-9-12-24(21,22)19-13-14-5-3-6-14/h4,7,11,14,19H,3,5-6,8-10,12-13H2,1-2H3,(H,17,18). The molecule has 0 radical (unpaired) electrons. The normalized spacial score (nSPS) is 16.0. The van der Waals surface area contributed by atoms with Crippen LogP contribution in [0.5, 0.6) is 0 Å². The number of aliphatic imine (C=N–C) groups is 1. The number of hydrogen-bond donors (Lipinski definition) is 2. The van der Waals surface area contributed by atoms with E-state index in [1.807, 2.05) is 11.9 Å². The van der Waals surface area contributed by atoms with Crippen molar-refractivity contribution in [1.82, 2.24) is 14.9 Å². The molecule has 1 heterocycles. The second-order valence-corrected chi connectivity index (χ2v) is 9.15. The molecule has 0 spiro atoms. The van der Waals surface area contributed by atoms with Gasteiger partial charge in [-0.05, 0) is 36.6 Å². The average molecular weight is 373 g/mol. The Labute approximate surface area is 149 Å². The first kappa shape index (κ1) is 19.2. The summed E-state index contributed by atoms with van der Waals surface area (Å²) in [6, 6.07) is 4.17. The van der Waals surface area contributed by atoms with Gasteiger partial charge >= 0.3 is 0 Å². The minimum atomic E-state index is -3.21. The van der Waals surface area contributed by atoms with Crippen LogP contribution in [0.25, 0.3) is 0 Å². The van der Waals surface area contributed by atoms with E-state index < -0.39 is 10.0 Å². The zero-order valence-electron chi connectivity index (χ0n) is 14.5. The number of likely N-dealkylation sites (N-methyl/N-ethyl adjacent to an activating group) is 1. The van der Waals surface area contributed by atoms with Crippen molar-refractivity contribution in [1.29, 1.82) is 0 Å². The van der Waals surface area contributed by atoms with Crippen LogP contribution in [0.4, 0.5) is 0 Å². The fourth-order valence-corrected chi connectivity index (χ4v) is 4.24. The number of thiophene rings is 1. The van der Waals surface area contributed by atoms with Gasteiger partial charge in [0.15, 0.2) is 5.96 Å². The van der Waals surface area contributed by atoms with Gasteiger partial charge in [-0.25, -0.2) is 13.1 Å². The highest BCUT2D eigenvalue weighted by molar-refractivity contribution is 7.89. The summed E-state index contributed by atoms with van der Waals surface area (Å²) in [5.41, 5.74) is 0. The van der Waals surface area contributed by atoms with Crippen LogP contribution in [0.15, 0.2) is 22.5 Å². The number of sulfonamides is 1. The lowest BCUT2D eigenvalue weighted by Gasteiger charge is -2.25. The minimum absolute atomic E-state index is 0.0670. The molecular weight excluding hydrogens is 344 g/mol. The Kier molecular flexibility index (Phi) is 7.51. The van der Waals surface area contributed by atoms with Crippen molar-refractivity contribution in [3.05, 3.63) is 22.4 Å². The topological polar surface area (TPSA) is 73.8 Å². The molecule has 0 saturated heterocycles. The van der Waals surface area contributed by atoms with E-state index in [2.05, 4.69) is 32.5 Å². The monoisotopic (exact) mass is 372 g/mol. The zero-order valence-corrected chi connectivity index (χ0v) is 16.1. The Morgan fingerprint density at radius 2 is 2.25 bits per heavy atom. The van der Waals surface area contributed by atoms with E-state index in [-0.39, 0.29) is 5.75 Å². The molecule has 0 atom stereocenters. The lowest BCUT2D eigenvalue weighted by atomic mass is 9.86. The van der Waals surface area contributed by atoms with Gasteiger partial charge in [0.25, 0.3) is 0 Å². The van der Waals surface area contributed by atoms with Crippen LogP contribution in [-0.2, 0) is 16.4 Å². The first-order valence-corrected chi connectivity index (χ1v) is 10.9. The van der Waals surface area contributed by atoms with Gasteiger partial charge in [-0.2, -0.15) is 0 Å². The van der Waals surface area contributed by atoms with Crippen molar-refractivity contribution in [2.75, 3.05) is 39.5 Å². The quantitative estimate of drug-likeness (QED) is 0.509. The molecule has 0 unspecified atom stereocenters. The Morgan fingerprint density at radius 1 is 1.46 bits per heavy atom. The lowest BCUT2D eigenvalue weighted by molar-refractivity contribution is 0.316. The Hall–Kier alpha value is -1.12. The van der Waals surface area contributed by atoms with E-state index >= 15 is 0 Å². The van der Waals surface area contributed by atoms with Gasteiger partial charge in [0.1, 0.15) is 0 Å². The van der Waals surface area contributed by atoms with Crippen molar-refractivity contribution >= 4 is 27.3 Å². The summed E-state index contributed by atoms with van der Waals surface area (Å²) >= 11 is 1.75. The average Bonchev–Trinajstić information content (AvgIpc) is 3.01. The maximum absolute atomic E-state index is 12.0. The Bertz CT molecular complexity index is 610. The number of nitrogens with zero attached hydrogens (tertiary/aromatic N) is 2. The van der Waals surface area contributed by atoms with Gasteiger partial charge in [-0.1, -0.05) is 12.5 Å². The third kappa shape index (κ3) is 6.41. The summed E-state index contributed by atoms with van der Waals surface area (Å²) in [5, 5.41) is 5.20. The molecule has 1 aromatic rings. The van der Waals surface area contributed by atoms with Crippen LogP contribution < -0.4 is 10.0 Å². The van der Waals surface area contributed by atoms with Crippen LogP contribution >= 0.6 is 11.3 Å². The molecule has 1 aliphatic rings. The molecule has 1 fully saturated rings. The van der Waals surface area contributed by atoms with Crippen LogP contribution in [0.1, 0.15) is 24.1 Å². The smallest absolute Gasteiger partial charge is 0.213 e. The fraction of sp³-hybridized carbons (Fsp3) is 0.688. The minimum Gasteiger partial charge on any atom is -0.355 e. The van der Waals surface area contributed by atoms with E-state index in [9.17, 15) is 8.42 Å². The van der Waals surface area contributed by atoms with Crippen molar-refractivity contribution in [3.63, 3.8) is 0 Å². The van der Waals surface area contributed by atoms with Crippen LogP contribution in [0, 0.1) is 5.92 Å². The second-order valence-electron chi connectivity index (χ2n) is 6.19. The summed E-state index contributed by atoms with van der Waals surface area (Å²) in [4.78, 5) is 7.58. The molecule has 136 valence electrons. The molecule has 1 aromatic heterocycles. The van der Waals surface area contributed by atoms with Crippen molar-refractivity contribution in [2.24, 2.45) is 10.9 Å².